The summed E-state index contributed by atoms with van der Waals surface area (Å²) in [5.41, 5.74) is 0.879. The van der Waals surface area contributed by atoms with Crippen LogP contribution in [-0.4, -0.2) is 45.0 Å². The van der Waals surface area contributed by atoms with E-state index in [1.807, 2.05) is 28.1 Å². The Morgan fingerprint density at radius 3 is 3.09 bits per heavy atom. The average Bonchev–Trinajstić information content (AvgIpc) is 3.16. The van der Waals surface area contributed by atoms with Gasteiger partial charge in [0.05, 0.1) is 17.1 Å². The molecule has 0 bridgehead atoms. The highest BCUT2D eigenvalue weighted by molar-refractivity contribution is 7.09. The minimum atomic E-state index is -0.00877. The number of carbonyl (C=O) groups is 1. The lowest BCUT2D eigenvalue weighted by atomic mass is 10.1. The molecule has 7 heteroatoms. The molecule has 1 aliphatic rings. The van der Waals surface area contributed by atoms with E-state index in [1.54, 1.807) is 17.5 Å². The summed E-state index contributed by atoms with van der Waals surface area (Å²) in [6.07, 6.45) is 4.99. The third-order valence-corrected chi connectivity index (χ3v) is 5.00. The Hall–Kier alpha value is -1.73. The Labute approximate surface area is 134 Å². The fourth-order valence-electron chi connectivity index (χ4n) is 2.78. The van der Waals surface area contributed by atoms with Crippen molar-refractivity contribution in [2.45, 2.75) is 25.8 Å². The highest BCUT2D eigenvalue weighted by Crippen LogP contribution is 2.22. The number of nitrogens with one attached hydrogen (secondary N) is 1. The van der Waals surface area contributed by atoms with Gasteiger partial charge in [-0.25, -0.2) is 9.97 Å². The van der Waals surface area contributed by atoms with Gasteiger partial charge in [0.25, 0.3) is 0 Å². The van der Waals surface area contributed by atoms with Crippen molar-refractivity contribution in [2.75, 3.05) is 19.6 Å². The van der Waals surface area contributed by atoms with Crippen LogP contribution in [0, 0.1) is 0 Å². The van der Waals surface area contributed by atoms with Crippen molar-refractivity contribution in [1.82, 2.24) is 24.8 Å². The molecule has 1 amide bonds. The predicted octanol–water partition coefficient (Wildman–Crippen LogP) is 1.15. The number of amides is 1. The average molecular weight is 319 g/mol. The normalized spacial score (nSPS) is 18.6. The van der Waals surface area contributed by atoms with Gasteiger partial charge >= 0.3 is 0 Å². The van der Waals surface area contributed by atoms with Crippen LogP contribution < -0.4 is 5.32 Å². The summed E-state index contributed by atoms with van der Waals surface area (Å²) < 4.78 is 1.98. The van der Waals surface area contributed by atoms with E-state index < -0.39 is 0 Å². The molecule has 1 aliphatic heterocycles. The van der Waals surface area contributed by atoms with E-state index in [-0.39, 0.29) is 11.9 Å². The van der Waals surface area contributed by atoms with E-state index in [9.17, 15) is 4.79 Å². The molecule has 1 N–H and O–H groups in total. The molecule has 118 valence electrons. The molecule has 1 unspecified atom stereocenters. The summed E-state index contributed by atoms with van der Waals surface area (Å²) in [5, 5.41) is 6.43. The molecule has 0 aliphatic carbocycles. The highest BCUT2D eigenvalue weighted by atomic mass is 32.1. The van der Waals surface area contributed by atoms with Gasteiger partial charge in [0.15, 0.2) is 0 Å². The van der Waals surface area contributed by atoms with Crippen LogP contribution in [0.3, 0.4) is 0 Å². The molecule has 1 saturated heterocycles. The van der Waals surface area contributed by atoms with Crippen molar-refractivity contribution < 1.29 is 4.79 Å². The smallest absolute Gasteiger partial charge is 0.229 e. The molecular formula is C15H21N5OS. The third kappa shape index (κ3) is 3.05. The first-order valence-corrected chi connectivity index (χ1v) is 8.47. The standard InChI is InChI=1S/C15H21N5OS/c1-3-13-18-11(10-22-13)8-14(21)20-7-4-16-9-12(20)15-17-5-6-19(15)2/h5-6,10,12,16H,3-4,7-9H2,1-2H3. The molecule has 3 heterocycles. The maximum Gasteiger partial charge on any atom is 0.229 e. The van der Waals surface area contributed by atoms with Gasteiger partial charge < -0.3 is 14.8 Å². The maximum atomic E-state index is 12.7. The summed E-state index contributed by atoms with van der Waals surface area (Å²) in [6.45, 7) is 4.36. The molecule has 3 rings (SSSR count). The monoisotopic (exact) mass is 319 g/mol. The Balaban J connectivity index is 1.75. The van der Waals surface area contributed by atoms with Gasteiger partial charge in [0, 0.05) is 44.5 Å². The van der Waals surface area contributed by atoms with Crippen molar-refractivity contribution in [3.8, 4) is 0 Å². The first-order chi connectivity index (χ1) is 10.7. The van der Waals surface area contributed by atoms with Gasteiger partial charge in [-0.05, 0) is 6.42 Å². The molecule has 0 aromatic carbocycles. The number of piperazine rings is 1. The number of nitrogens with zero attached hydrogens (tertiary/aromatic N) is 4. The number of aryl methyl sites for hydroxylation is 2. The minimum absolute atomic E-state index is 0.00877. The number of thiazole rings is 1. The quantitative estimate of drug-likeness (QED) is 0.918. The van der Waals surface area contributed by atoms with Gasteiger partial charge in [-0.3, -0.25) is 4.79 Å². The Morgan fingerprint density at radius 1 is 1.55 bits per heavy atom. The number of hydrogen-bond acceptors (Lipinski definition) is 5. The van der Waals surface area contributed by atoms with E-state index >= 15 is 0 Å². The third-order valence-electron chi connectivity index (χ3n) is 3.95. The van der Waals surface area contributed by atoms with Crippen LogP contribution in [0.1, 0.15) is 29.5 Å². The molecular weight excluding hydrogens is 298 g/mol. The molecule has 2 aromatic heterocycles. The SMILES string of the molecule is CCc1nc(CC(=O)N2CCNCC2c2nccn2C)cs1. The first kappa shape index (κ1) is 15.2. The Bertz CT molecular complexity index is 650. The number of carbonyl (C=O) groups excluding carboxylic acids is 1. The fraction of sp³-hybridized carbons (Fsp3) is 0.533. The highest BCUT2D eigenvalue weighted by Gasteiger charge is 2.30. The second-order valence-corrected chi connectivity index (χ2v) is 6.41. The van der Waals surface area contributed by atoms with Crippen molar-refractivity contribution in [1.29, 1.82) is 0 Å². The predicted molar refractivity (Wildman–Crippen MR) is 85.7 cm³/mol. The zero-order valence-corrected chi connectivity index (χ0v) is 13.8. The number of imidazole rings is 1. The Morgan fingerprint density at radius 2 is 2.41 bits per heavy atom. The van der Waals surface area contributed by atoms with Gasteiger partial charge in [0.2, 0.25) is 5.91 Å². The van der Waals surface area contributed by atoms with Crippen LogP contribution in [0.5, 0.6) is 0 Å². The van der Waals surface area contributed by atoms with E-state index in [0.29, 0.717) is 13.0 Å². The van der Waals surface area contributed by atoms with Crippen LogP contribution >= 0.6 is 11.3 Å². The molecule has 1 fully saturated rings. The molecule has 0 spiro atoms. The van der Waals surface area contributed by atoms with Crippen molar-refractivity contribution >= 4 is 17.2 Å². The molecule has 0 saturated carbocycles. The molecule has 6 nitrogen and oxygen atoms in total. The zero-order chi connectivity index (χ0) is 15.5. The van der Waals surface area contributed by atoms with Crippen molar-refractivity contribution in [2.24, 2.45) is 7.05 Å². The van der Waals surface area contributed by atoms with Gasteiger partial charge in [-0.2, -0.15) is 0 Å². The lowest BCUT2D eigenvalue weighted by Gasteiger charge is -2.35. The first-order valence-electron chi connectivity index (χ1n) is 7.59. The van der Waals surface area contributed by atoms with E-state index in [2.05, 4.69) is 22.2 Å². The van der Waals surface area contributed by atoms with Gasteiger partial charge in [-0.15, -0.1) is 11.3 Å². The van der Waals surface area contributed by atoms with Crippen molar-refractivity contribution in [3.05, 3.63) is 34.3 Å². The van der Waals surface area contributed by atoms with Crippen molar-refractivity contribution in [3.63, 3.8) is 0 Å². The molecule has 2 aromatic rings. The molecule has 22 heavy (non-hydrogen) atoms. The van der Waals surface area contributed by atoms with Gasteiger partial charge in [-0.1, -0.05) is 6.92 Å². The van der Waals surface area contributed by atoms with E-state index in [1.165, 1.54) is 0 Å². The lowest BCUT2D eigenvalue weighted by Crippen LogP contribution is -2.49. The summed E-state index contributed by atoms with van der Waals surface area (Å²) >= 11 is 1.63. The summed E-state index contributed by atoms with van der Waals surface area (Å²) in [6, 6.07) is -0.00877. The van der Waals surface area contributed by atoms with E-state index in [4.69, 9.17) is 0 Å². The minimum Gasteiger partial charge on any atom is -0.336 e. The fourth-order valence-corrected chi connectivity index (χ4v) is 3.53. The summed E-state index contributed by atoms with van der Waals surface area (Å²) in [4.78, 5) is 23.6. The summed E-state index contributed by atoms with van der Waals surface area (Å²) in [5.74, 6) is 1.05. The zero-order valence-electron chi connectivity index (χ0n) is 13.0. The van der Waals surface area contributed by atoms with Crippen LogP contribution in [0.15, 0.2) is 17.8 Å². The summed E-state index contributed by atoms with van der Waals surface area (Å²) in [7, 11) is 1.97. The Kier molecular flexibility index (Phi) is 4.54. The second-order valence-electron chi connectivity index (χ2n) is 5.47. The van der Waals surface area contributed by atoms with Gasteiger partial charge in [0.1, 0.15) is 11.9 Å². The lowest BCUT2D eigenvalue weighted by molar-refractivity contribution is -0.134. The largest absolute Gasteiger partial charge is 0.336 e. The van der Waals surface area contributed by atoms with Crippen LogP contribution in [0.4, 0.5) is 0 Å². The van der Waals surface area contributed by atoms with Crippen LogP contribution in [0.25, 0.3) is 0 Å². The topological polar surface area (TPSA) is 63.1 Å². The molecule has 1 atom stereocenters. The number of hydrogen-bond donors (Lipinski definition) is 1. The number of rotatable bonds is 4. The second kappa shape index (κ2) is 6.58. The van der Waals surface area contributed by atoms with Crippen LogP contribution in [-0.2, 0) is 24.7 Å². The number of aromatic nitrogens is 3. The van der Waals surface area contributed by atoms with Crippen LogP contribution in [0.2, 0.25) is 0 Å². The van der Waals surface area contributed by atoms with E-state index in [0.717, 1.165) is 36.0 Å². The maximum absolute atomic E-state index is 12.7. The molecule has 0 radical (unpaired) electrons.